The maximum absolute atomic E-state index is 12.6. The average Bonchev–Trinajstić information content (AvgIpc) is 3.18. The van der Waals surface area contributed by atoms with Crippen LogP contribution >= 0.6 is 11.3 Å². The van der Waals surface area contributed by atoms with Crippen molar-refractivity contribution in [3.63, 3.8) is 0 Å². The molecule has 2 N–H and O–H groups in total. The van der Waals surface area contributed by atoms with Crippen molar-refractivity contribution in [2.45, 2.75) is 75.2 Å². The van der Waals surface area contributed by atoms with Crippen LogP contribution in [0.5, 0.6) is 0 Å². The third-order valence-electron chi connectivity index (χ3n) is 4.43. The number of rotatable bonds is 9. The molecule has 0 unspecified atom stereocenters. The molecule has 0 atom stereocenters. The Kier molecular flexibility index (Phi) is 5.46. The zero-order chi connectivity index (χ0) is 15.5. The fourth-order valence-corrected chi connectivity index (χ4v) is 5.35. The molecule has 0 radical (unpaired) electrons. The molecule has 1 aromatic rings. The van der Waals surface area contributed by atoms with Gasteiger partial charge in [0.2, 0.25) is 0 Å². The van der Waals surface area contributed by atoms with Gasteiger partial charge in [-0.05, 0) is 44.2 Å². The highest BCUT2D eigenvalue weighted by atomic mass is 32.2. The van der Waals surface area contributed by atoms with Gasteiger partial charge in [-0.25, -0.2) is 13.1 Å². The predicted octanol–water partition coefficient (Wildman–Crippen LogP) is 3.25. The maximum Gasteiger partial charge on any atom is 0.250 e. The molecule has 0 amide bonds. The fraction of sp³-hybridized carbons (Fsp3) is 0.733. The fourth-order valence-electron chi connectivity index (χ4n) is 2.43. The van der Waals surface area contributed by atoms with E-state index in [1.807, 2.05) is 26.8 Å². The van der Waals surface area contributed by atoms with Crippen molar-refractivity contribution in [1.29, 1.82) is 0 Å². The molecule has 1 heterocycles. The molecule has 6 heteroatoms. The molecule has 0 bridgehead atoms. The van der Waals surface area contributed by atoms with Crippen molar-refractivity contribution < 1.29 is 8.42 Å². The second-order valence-corrected chi connectivity index (χ2v) is 8.90. The first-order valence-electron chi connectivity index (χ1n) is 7.80. The molecule has 4 nitrogen and oxygen atoms in total. The molecule has 1 saturated carbocycles. The summed E-state index contributed by atoms with van der Waals surface area (Å²) in [4.78, 5) is 1.08. The number of hydrogen-bond donors (Lipinski definition) is 2. The Morgan fingerprint density at radius 2 is 1.81 bits per heavy atom. The van der Waals surface area contributed by atoms with Crippen molar-refractivity contribution in [1.82, 2.24) is 10.0 Å². The van der Waals surface area contributed by atoms with E-state index in [9.17, 15) is 8.42 Å². The summed E-state index contributed by atoms with van der Waals surface area (Å²) in [6, 6.07) is 4.28. The van der Waals surface area contributed by atoms with Gasteiger partial charge in [0.1, 0.15) is 4.21 Å². The smallest absolute Gasteiger partial charge is 0.250 e. The highest BCUT2D eigenvalue weighted by molar-refractivity contribution is 7.91. The van der Waals surface area contributed by atoms with Crippen LogP contribution in [0.3, 0.4) is 0 Å². The van der Waals surface area contributed by atoms with Crippen molar-refractivity contribution in [3.8, 4) is 0 Å². The van der Waals surface area contributed by atoms with Gasteiger partial charge in [-0.2, -0.15) is 0 Å². The van der Waals surface area contributed by atoms with Crippen molar-refractivity contribution in [2.24, 2.45) is 0 Å². The summed E-state index contributed by atoms with van der Waals surface area (Å²) in [5.74, 6) is 0. The normalized spacial score (nSPS) is 16.3. The van der Waals surface area contributed by atoms with Crippen LogP contribution < -0.4 is 10.0 Å². The van der Waals surface area contributed by atoms with E-state index in [0.717, 1.165) is 30.7 Å². The number of nitrogens with one attached hydrogen (secondary N) is 2. The molecule has 0 saturated heterocycles. The Morgan fingerprint density at radius 3 is 2.33 bits per heavy atom. The summed E-state index contributed by atoms with van der Waals surface area (Å²) in [7, 11) is -3.42. The lowest BCUT2D eigenvalue weighted by Gasteiger charge is -2.30. The summed E-state index contributed by atoms with van der Waals surface area (Å²) < 4.78 is 28.5. The Balaban J connectivity index is 2.07. The largest absolute Gasteiger partial charge is 0.309 e. The lowest BCUT2D eigenvalue weighted by Crippen LogP contribution is -2.46. The highest BCUT2D eigenvalue weighted by Gasteiger charge is 2.31. The van der Waals surface area contributed by atoms with E-state index in [4.69, 9.17) is 0 Å². The van der Waals surface area contributed by atoms with Crippen molar-refractivity contribution in [2.75, 3.05) is 0 Å². The van der Waals surface area contributed by atoms with Gasteiger partial charge in [0.05, 0.1) is 0 Å². The summed E-state index contributed by atoms with van der Waals surface area (Å²) in [5.41, 5.74) is -0.324. The molecule has 120 valence electrons. The second-order valence-electron chi connectivity index (χ2n) is 5.82. The molecular weight excluding hydrogens is 304 g/mol. The lowest BCUT2D eigenvalue weighted by atomic mass is 9.91. The van der Waals surface area contributed by atoms with Crippen LogP contribution in [0.25, 0.3) is 0 Å². The molecule has 21 heavy (non-hydrogen) atoms. The molecular formula is C15H26N2O2S2. The first-order valence-corrected chi connectivity index (χ1v) is 10.1. The van der Waals surface area contributed by atoms with E-state index in [0.29, 0.717) is 10.3 Å². The summed E-state index contributed by atoms with van der Waals surface area (Å²) in [5, 5.41) is 3.41. The van der Waals surface area contributed by atoms with Crippen LogP contribution in [-0.2, 0) is 16.6 Å². The minimum Gasteiger partial charge on any atom is -0.309 e. The molecule has 1 aliphatic rings. The molecule has 0 aliphatic heterocycles. The van der Waals surface area contributed by atoms with Gasteiger partial charge in [0.25, 0.3) is 10.0 Å². The Bertz CT molecular complexity index is 550. The summed E-state index contributed by atoms with van der Waals surface area (Å²) >= 11 is 1.37. The van der Waals surface area contributed by atoms with Crippen molar-refractivity contribution in [3.05, 3.63) is 17.0 Å². The minimum absolute atomic E-state index is 0.324. The van der Waals surface area contributed by atoms with Gasteiger partial charge in [-0.15, -0.1) is 11.3 Å². The molecule has 0 spiro atoms. The first kappa shape index (κ1) is 16.9. The molecule has 2 rings (SSSR count). The Morgan fingerprint density at radius 1 is 1.19 bits per heavy atom. The quantitative estimate of drug-likeness (QED) is 0.731. The second kappa shape index (κ2) is 6.77. The van der Waals surface area contributed by atoms with E-state index in [1.165, 1.54) is 24.2 Å². The van der Waals surface area contributed by atoms with Crippen LogP contribution in [0, 0.1) is 0 Å². The third kappa shape index (κ3) is 4.28. The van der Waals surface area contributed by atoms with E-state index >= 15 is 0 Å². The predicted molar refractivity (Wildman–Crippen MR) is 88.1 cm³/mol. The van der Waals surface area contributed by atoms with Gasteiger partial charge in [0.15, 0.2) is 0 Å². The maximum atomic E-state index is 12.6. The minimum atomic E-state index is -3.42. The molecule has 1 fully saturated rings. The van der Waals surface area contributed by atoms with E-state index < -0.39 is 10.0 Å². The van der Waals surface area contributed by atoms with E-state index in [-0.39, 0.29) is 5.54 Å². The van der Waals surface area contributed by atoms with Gasteiger partial charge in [-0.1, -0.05) is 20.8 Å². The van der Waals surface area contributed by atoms with E-state index in [1.54, 1.807) is 6.07 Å². The highest BCUT2D eigenvalue weighted by Crippen LogP contribution is 2.27. The van der Waals surface area contributed by atoms with Crippen LogP contribution in [0.1, 0.15) is 57.8 Å². The average molecular weight is 331 g/mol. The number of thiophene rings is 1. The lowest BCUT2D eigenvalue weighted by molar-refractivity contribution is 0.342. The SMILES string of the molecule is CCC(CC)(CC)NS(=O)(=O)c1ccc(CNC2CC2)s1. The van der Waals surface area contributed by atoms with Gasteiger partial charge in [-0.3, -0.25) is 0 Å². The van der Waals surface area contributed by atoms with E-state index in [2.05, 4.69) is 10.0 Å². The zero-order valence-electron chi connectivity index (χ0n) is 13.1. The summed E-state index contributed by atoms with van der Waals surface area (Å²) in [6.07, 6.45) is 4.90. The van der Waals surface area contributed by atoms with Crippen LogP contribution in [0.2, 0.25) is 0 Å². The zero-order valence-corrected chi connectivity index (χ0v) is 14.7. The number of hydrogen-bond acceptors (Lipinski definition) is 4. The third-order valence-corrected chi connectivity index (χ3v) is 7.58. The van der Waals surface area contributed by atoms with Crippen LogP contribution in [0.15, 0.2) is 16.3 Å². The standard InChI is InChI=1S/C15H26N2O2S2/c1-4-15(5-2,6-3)17-21(18,19)14-10-9-13(20-14)11-16-12-7-8-12/h9-10,12,16-17H,4-8,11H2,1-3H3. The van der Waals surface area contributed by atoms with Gasteiger partial charge in [0, 0.05) is 23.0 Å². The molecule has 1 aliphatic carbocycles. The topological polar surface area (TPSA) is 58.2 Å². The molecule has 0 aromatic carbocycles. The monoisotopic (exact) mass is 330 g/mol. The Hall–Kier alpha value is -0.430. The van der Waals surface area contributed by atoms with Gasteiger partial charge < -0.3 is 5.32 Å². The first-order chi connectivity index (χ1) is 9.94. The van der Waals surface area contributed by atoms with Crippen LogP contribution in [0.4, 0.5) is 0 Å². The molecule has 1 aromatic heterocycles. The number of sulfonamides is 1. The van der Waals surface area contributed by atoms with Crippen LogP contribution in [-0.4, -0.2) is 20.0 Å². The summed E-state index contributed by atoms with van der Waals surface area (Å²) in [6.45, 7) is 6.88. The van der Waals surface area contributed by atoms with Crippen molar-refractivity contribution >= 4 is 21.4 Å². The van der Waals surface area contributed by atoms with Gasteiger partial charge >= 0.3 is 0 Å². The Labute approximate surface area is 132 Å².